The highest BCUT2D eigenvalue weighted by atomic mass is 14.3. The van der Waals surface area contributed by atoms with Crippen molar-refractivity contribution in [2.24, 2.45) is 0 Å². The Morgan fingerprint density at radius 3 is 1.92 bits per heavy atom. The molecule has 0 aliphatic heterocycles. The van der Waals surface area contributed by atoms with Crippen molar-refractivity contribution in [3.63, 3.8) is 0 Å². The lowest BCUT2D eigenvalue weighted by atomic mass is 9.84. The van der Waals surface area contributed by atoms with E-state index >= 15 is 0 Å². The van der Waals surface area contributed by atoms with Crippen LogP contribution in [0.15, 0.2) is 189 Å². The molecular weight excluding hydrogens is 721 g/mol. The number of rotatable bonds is 4. The van der Waals surface area contributed by atoms with E-state index in [4.69, 9.17) is 0 Å². The summed E-state index contributed by atoms with van der Waals surface area (Å²) in [6.07, 6.45) is 18.1. The molecule has 0 radical (unpaired) electrons. The maximum absolute atomic E-state index is 4.62. The molecule has 0 unspecified atom stereocenters. The van der Waals surface area contributed by atoms with E-state index in [0.717, 1.165) is 37.7 Å². The van der Waals surface area contributed by atoms with Crippen molar-refractivity contribution < 1.29 is 0 Å². The van der Waals surface area contributed by atoms with Gasteiger partial charge >= 0.3 is 0 Å². The molecule has 0 aromatic heterocycles. The van der Waals surface area contributed by atoms with Crippen molar-refractivity contribution >= 4 is 16.3 Å². The van der Waals surface area contributed by atoms with Gasteiger partial charge in [-0.3, -0.25) is 0 Å². The van der Waals surface area contributed by atoms with E-state index in [-0.39, 0.29) is 0 Å². The number of allylic oxidation sites excluding steroid dienone is 6. The van der Waals surface area contributed by atoms with Gasteiger partial charge in [-0.25, -0.2) is 0 Å². The Bertz CT molecular complexity index is 2580. The SMILES string of the molecule is C=C/C=C\CC.C=C1/C=C\CCCCc2cccc(C)c2-c2ccccc2Cc2cc3c4c(cccc4c21)-c1ccccc1-3.CC.CCc1ccc(-c2ccccc2)cc1. The van der Waals surface area contributed by atoms with Gasteiger partial charge in [-0.05, 0) is 152 Å². The molecule has 302 valence electrons. The number of benzene rings is 7. The van der Waals surface area contributed by atoms with Crippen LogP contribution in [-0.2, 0) is 19.3 Å². The predicted octanol–water partition coefficient (Wildman–Crippen LogP) is 17.4. The Kier molecular flexibility index (Phi) is 15.7. The van der Waals surface area contributed by atoms with Crippen LogP contribution in [0.2, 0.25) is 0 Å². The second-order valence-corrected chi connectivity index (χ2v) is 15.3. The molecule has 0 nitrogen and oxygen atoms in total. The lowest BCUT2D eigenvalue weighted by Crippen LogP contribution is -2.01. The first-order valence-corrected chi connectivity index (χ1v) is 22.1. The molecule has 0 saturated heterocycles. The minimum absolute atomic E-state index is 0.876. The maximum atomic E-state index is 4.62. The first-order chi connectivity index (χ1) is 29.5. The largest absolute Gasteiger partial charge is 0.0991 e. The van der Waals surface area contributed by atoms with Gasteiger partial charge in [-0.15, -0.1) is 0 Å². The summed E-state index contributed by atoms with van der Waals surface area (Å²) in [5.74, 6) is 0. The minimum Gasteiger partial charge on any atom is -0.0991 e. The summed E-state index contributed by atoms with van der Waals surface area (Å²) >= 11 is 0. The number of fused-ring (bicyclic) bond motifs is 8. The topological polar surface area (TPSA) is 0 Å². The standard InChI is InChI=1S/C38H32.C14H14.C6H10.C2H6/c1-25-13-5-3-4-6-15-27-17-11-14-26(2)36(27)30-18-8-7-16-28(30)23-29-24-35-32-20-10-9-19-31(32)33-21-12-22-34(37(25)29)38(33)35;1-2-12-8-10-14(11-9-12)13-6-4-3-5-7-13;1-3-5-6-4-2;1-2/h5,7-14,16-22,24H,1,3-4,6,15,23H2,2H3;3-11H,2H2,1H3;3,5-6H,1,4H2,2H3;1-2H3/b13-5-;;6-5-;. The molecule has 7 aromatic carbocycles. The second kappa shape index (κ2) is 21.7. The van der Waals surface area contributed by atoms with Gasteiger partial charge < -0.3 is 0 Å². The van der Waals surface area contributed by atoms with Gasteiger partial charge in [0.1, 0.15) is 0 Å². The second-order valence-electron chi connectivity index (χ2n) is 15.3. The van der Waals surface area contributed by atoms with Crippen molar-refractivity contribution in [1.29, 1.82) is 0 Å². The van der Waals surface area contributed by atoms with Crippen LogP contribution in [-0.4, -0.2) is 0 Å². The van der Waals surface area contributed by atoms with Crippen LogP contribution in [0.25, 0.3) is 60.9 Å². The molecule has 0 N–H and O–H groups in total. The fourth-order valence-electron chi connectivity index (χ4n) is 8.58. The summed E-state index contributed by atoms with van der Waals surface area (Å²) in [5, 5.41) is 2.69. The molecule has 7 aromatic rings. The molecule has 0 fully saturated rings. The number of hydrogen-bond donors (Lipinski definition) is 0. The van der Waals surface area contributed by atoms with Crippen molar-refractivity contribution in [2.45, 2.75) is 79.6 Å². The zero-order valence-corrected chi connectivity index (χ0v) is 36.6. The summed E-state index contributed by atoms with van der Waals surface area (Å²) in [7, 11) is 0. The van der Waals surface area contributed by atoms with E-state index in [9.17, 15) is 0 Å². The smallest absolute Gasteiger partial charge is 0.00130 e. The van der Waals surface area contributed by atoms with Gasteiger partial charge in [-0.1, -0.05) is 211 Å². The normalized spacial score (nSPS) is 13.1. The van der Waals surface area contributed by atoms with E-state index < -0.39 is 0 Å². The Morgan fingerprint density at radius 1 is 0.583 bits per heavy atom. The monoisotopic (exact) mass is 782 g/mol. The number of hydrogen-bond acceptors (Lipinski definition) is 0. The van der Waals surface area contributed by atoms with Crippen LogP contribution in [0, 0.1) is 6.92 Å². The quantitative estimate of drug-likeness (QED) is 0.156. The highest BCUT2D eigenvalue weighted by Crippen LogP contribution is 2.50. The maximum Gasteiger partial charge on any atom is -0.00130 e. The third-order valence-electron chi connectivity index (χ3n) is 11.5. The lowest BCUT2D eigenvalue weighted by Gasteiger charge is -2.20. The van der Waals surface area contributed by atoms with Crippen LogP contribution in [0.5, 0.6) is 0 Å². The third-order valence-corrected chi connectivity index (χ3v) is 11.5. The average Bonchev–Trinajstić information content (AvgIpc) is 3.62. The summed E-state index contributed by atoms with van der Waals surface area (Å²) in [4.78, 5) is 0. The lowest BCUT2D eigenvalue weighted by molar-refractivity contribution is 0.748. The zero-order valence-electron chi connectivity index (χ0n) is 36.6. The van der Waals surface area contributed by atoms with Gasteiger partial charge in [0.15, 0.2) is 0 Å². The molecule has 0 atom stereocenters. The first kappa shape index (κ1) is 43.3. The molecule has 0 saturated carbocycles. The van der Waals surface area contributed by atoms with Gasteiger partial charge in [-0.2, -0.15) is 0 Å². The van der Waals surface area contributed by atoms with Crippen LogP contribution in [0.1, 0.15) is 86.8 Å². The molecule has 2 aliphatic rings. The third kappa shape index (κ3) is 9.95. The molecule has 0 heteroatoms. The Morgan fingerprint density at radius 2 is 1.22 bits per heavy atom. The van der Waals surface area contributed by atoms with E-state index in [1.807, 2.05) is 26.0 Å². The Balaban J connectivity index is 0.000000226. The van der Waals surface area contributed by atoms with Gasteiger partial charge in [0, 0.05) is 0 Å². The average molecular weight is 783 g/mol. The molecule has 0 bridgehead atoms. The van der Waals surface area contributed by atoms with Crippen molar-refractivity contribution in [3.8, 4) is 44.5 Å². The van der Waals surface area contributed by atoms with Crippen LogP contribution < -0.4 is 0 Å². The molecule has 0 spiro atoms. The van der Waals surface area contributed by atoms with E-state index in [1.54, 1.807) is 6.08 Å². The van der Waals surface area contributed by atoms with E-state index in [2.05, 4.69) is 192 Å². The molecule has 60 heavy (non-hydrogen) atoms. The van der Waals surface area contributed by atoms with Crippen molar-refractivity contribution in [2.75, 3.05) is 0 Å². The minimum atomic E-state index is 0.876. The molecule has 0 heterocycles. The predicted molar refractivity (Wildman–Crippen MR) is 266 cm³/mol. The number of aryl methyl sites for hydroxylation is 3. The van der Waals surface area contributed by atoms with Crippen LogP contribution in [0.3, 0.4) is 0 Å². The Labute approximate surface area is 361 Å². The molecule has 2 aliphatic carbocycles. The summed E-state index contributed by atoms with van der Waals surface area (Å²) < 4.78 is 0. The Hall–Kier alpha value is -6.24. The highest BCUT2D eigenvalue weighted by Gasteiger charge is 2.25. The van der Waals surface area contributed by atoms with Crippen molar-refractivity contribution in [3.05, 3.63) is 223 Å². The summed E-state index contributed by atoms with van der Waals surface area (Å²) in [5.41, 5.74) is 20.1. The molecule has 9 rings (SSSR count). The zero-order chi connectivity index (χ0) is 42.3. The summed E-state index contributed by atoms with van der Waals surface area (Å²) in [6.45, 7) is 18.7. The van der Waals surface area contributed by atoms with Gasteiger partial charge in [0.25, 0.3) is 0 Å². The highest BCUT2D eigenvalue weighted by molar-refractivity contribution is 6.18. The summed E-state index contributed by atoms with van der Waals surface area (Å²) in [6, 6.07) is 53.3. The fraction of sp³-hybridized carbons (Fsp3) is 0.200. The van der Waals surface area contributed by atoms with E-state index in [0.29, 0.717) is 0 Å². The van der Waals surface area contributed by atoms with Gasteiger partial charge in [0.05, 0.1) is 0 Å². The molecule has 0 amide bonds. The van der Waals surface area contributed by atoms with Crippen LogP contribution >= 0.6 is 0 Å². The van der Waals surface area contributed by atoms with Crippen molar-refractivity contribution in [1.82, 2.24) is 0 Å². The first-order valence-electron chi connectivity index (χ1n) is 22.1. The van der Waals surface area contributed by atoms with E-state index in [1.165, 1.54) is 102 Å². The van der Waals surface area contributed by atoms with Gasteiger partial charge in [0.2, 0.25) is 0 Å². The molecular formula is C60H62. The fourth-order valence-corrected chi connectivity index (χ4v) is 8.58. The van der Waals surface area contributed by atoms with Crippen LogP contribution in [0.4, 0.5) is 0 Å².